The third-order valence-electron chi connectivity index (χ3n) is 14.5. The molecule has 2 heterocycles. The number of hydrogen-bond acceptors (Lipinski definition) is 5. The Hall–Kier alpha value is -3.41. The molecular formula is C53H70O5Si2. The van der Waals surface area contributed by atoms with E-state index in [-0.39, 0.29) is 40.2 Å². The van der Waals surface area contributed by atoms with E-state index in [4.69, 9.17) is 13.6 Å². The van der Waals surface area contributed by atoms with Gasteiger partial charge in [0.1, 0.15) is 11.7 Å². The summed E-state index contributed by atoms with van der Waals surface area (Å²) in [5, 5.41) is 28.5. The molecule has 0 saturated carbocycles. The van der Waals surface area contributed by atoms with Crippen LogP contribution in [0.4, 0.5) is 0 Å². The average molecular weight is 843 g/mol. The van der Waals surface area contributed by atoms with E-state index in [0.717, 1.165) is 43.3 Å². The Kier molecular flexibility index (Phi) is 12.9. The third kappa shape index (κ3) is 7.71. The quantitative estimate of drug-likeness (QED) is 0.0711. The van der Waals surface area contributed by atoms with Gasteiger partial charge < -0.3 is 23.8 Å². The highest BCUT2D eigenvalue weighted by Crippen LogP contribution is 2.62. The minimum atomic E-state index is -2.91. The minimum Gasteiger partial charge on any atom is -0.407 e. The minimum absolute atomic E-state index is 0.0644. The summed E-state index contributed by atoms with van der Waals surface area (Å²) in [6, 6.07) is 43.3. The molecule has 4 aromatic rings. The van der Waals surface area contributed by atoms with Gasteiger partial charge >= 0.3 is 0 Å². The van der Waals surface area contributed by atoms with Crippen molar-refractivity contribution >= 4 is 37.4 Å². The van der Waals surface area contributed by atoms with Crippen LogP contribution in [-0.2, 0) is 13.6 Å². The molecule has 0 spiro atoms. The molecule has 7 rings (SSSR count). The topological polar surface area (TPSA) is 68.2 Å². The summed E-state index contributed by atoms with van der Waals surface area (Å²) >= 11 is 0. The summed E-state index contributed by atoms with van der Waals surface area (Å²) in [6.07, 6.45) is 5.64. The molecule has 5 nitrogen and oxygen atoms in total. The number of aliphatic hydroxyl groups excluding tert-OH is 2. The molecule has 1 aliphatic carbocycles. The van der Waals surface area contributed by atoms with E-state index in [1.54, 1.807) is 0 Å². The Balaban J connectivity index is 1.12. The standard InChI is InChI=1S/C53H70O5Si2/c1-10-47-52(8,9)49-46(58-60(51(5,6)7,43-29-19-13-20-30-43)44-31-21-14-22-32-44)37-53(47,57-49)48(55)45-34-33-39(36-40(45)38-54)24-23-35-56-59(50(2,3)4,41-25-15-11-16-26-41)42-27-17-12-18-28-42/h10-22,25-32,39,46-49,54-55H,1,23-24,33-38H2,2-9H3/t39?,46-,47-,48-,49-,53+/m0/s1. The molecule has 2 fully saturated rings. The molecule has 2 aliphatic heterocycles. The van der Waals surface area contributed by atoms with Crippen LogP contribution in [0.1, 0.15) is 93.9 Å². The molecule has 2 N–H and O–H groups in total. The third-order valence-corrected chi connectivity index (χ3v) is 24.6. The van der Waals surface area contributed by atoms with Crippen molar-refractivity contribution in [2.75, 3.05) is 13.2 Å². The van der Waals surface area contributed by atoms with Gasteiger partial charge in [-0.3, -0.25) is 0 Å². The van der Waals surface area contributed by atoms with Crippen molar-refractivity contribution in [2.45, 2.75) is 128 Å². The second kappa shape index (κ2) is 17.4. The summed E-state index contributed by atoms with van der Waals surface area (Å²) < 4.78 is 22.2. The fraction of sp³-hybridized carbons (Fsp3) is 0.472. The molecule has 0 amide bonds. The maximum Gasteiger partial charge on any atom is 0.261 e. The summed E-state index contributed by atoms with van der Waals surface area (Å²) in [4.78, 5) is 0. The van der Waals surface area contributed by atoms with E-state index in [9.17, 15) is 10.2 Å². The van der Waals surface area contributed by atoms with Crippen LogP contribution in [0.2, 0.25) is 10.1 Å². The largest absolute Gasteiger partial charge is 0.407 e. The van der Waals surface area contributed by atoms with E-state index in [2.05, 4.69) is 183 Å². The summed E-state index contributed by atoms with van der Waals surface area (Å²) in [6.45, 7) is 23.4. The molecule has 6 atom stereocenters. The van der Waals surface area contributed by atoms with Crippen molar-refractivity contribution in [3.8, 4) is 0 Å². The van der Waals surface area contributed by atoms with Crippen LogP contribution in [0.5, 0.6) is 0 Å². The summed E-state index contributed by atoms with van der Waals surface area (Å²) in [5.74, 6) is 0.315. The smallest absolute Gasteiger partial charge is 0.261 e. The molecule has 7 heteroatoms. The van der Waals surface area contributed by atoms with Gasteiger partial charge in [0.05, 0.1) is 18.8 Å². The summed E-state index contributed by atoms with van der Waals surface area (Å²) in [7, 11) is -5.52. The van der Waals surface area contributed by atoms with Crippen LogP contribution in [0.15, 0.2) is 145 Å². The lowest BCUT2D eigenvalue weighted by atomic mass is 9.59. The zero-order valence-corrected chi connectivity index (χ0v) is 39.5. The van der Waals surface area contributed by atoms with Gasteiger partial charge in [-0.15, -0.1) is 6.58 Å². The number of benzene rings is 4. The molecule has 60 heavy (non-hydrogen) atoms. The molecule has 320 valence electrons. The van der Waals surface area contributed by atoms with Crippen LogP contribution in [-0.4, -0.2) is 64.0 Å². The molecule has 2 bridgehead atoms. The molecule has 0 aromatic heterocycles. The van der Waals surface area contributed by atoms with Gasteiger partial charge in [0.2, 0.25) is 0 Å². The maximum absolute atomic E-state index is 12.8. The first-order valence-electron chi connectivity index (χ1n) is 22.4. The monoisotopic (exact) mass is 842 g/mol. The van der Waals surface area contributed by atoms with Crippen molar-refractivity contribution in [2.24, 2.45) is 17.3 Å². The lowest BCUT2D eigenvalue weighted by Crippen LogP contribution is -2.69. The van der Waals surface area contributed by atoms with Crippen LogP contribution < -0.4 is 20.7 Å². The van der Waals surface area contributed by atoms with Crippen LogP contribution >= 0.6 is 0 Å². The lowest BCUT2D eigenvalue weighted by Gasteiger charge is -2.50. The predicted molar refractivity (Wildman–Crippen MR) is 252 cm³/mol. The number of rotatable bonds is 15. The van der Waals surface area contributed by atoms with E-state index in [1.807, 2.05) is 6.08 Å². The van der Waals surface area contributed by atoms with Crippen LogP contribution in [0.25, 0.3) is 0 Å². The Morgan fingerprint density at radius 1 is 0.767 bits per heavy atom. The highest BCUT2D eigenvalue weighted by molar-refractivity contribution is 7.00. The molecular weight excluding hydrogens is 773 g/mol. The van der Waals surface area contributed by atoms with Crippen LogP contribution in [0, 0.1) is 17.3 Å². The van der Waals surface area contributed by atoms with Gasteiger partial charge in [-0.2, -0.15) is 0 Å². The zero-order valence-electron chi connectivity index (χ0n) is 37.5. The second-order valence-corrected chi connectivity index (χ2v) is 29.1. The molecule has 3 aliphatic rings. The van der Waals surface area contributed by atoms with Crippen molar-refractivity contribution < 1.29 is 23.8 Å². The SMILES string of the molecule is C=C[C@H]1C(C)(C)[C@H]2O[C@]1([C@@H](O)C1=C(CO)CC(CCCO[Si](c3ccccc3)(c3ccccc3)C(C)(C)C)CC1)C[C@@H]2O[Si](c1ccccc1)(c1ccccc1)C(C)(C)C. The fourth-order valence-electron chi connectivity index (χ4n) is 11.8. The number of fused-ring (bicyclic) bond motifs is 2. The first kappa shape index (κ1) is 44.6. The Morgan fingerprint density at radius 2 is 1.23 bits per heavy atom. The highest BCUT2D eigenvalue weighted by atomic mass is 28.4. The number of ether oxygens (including phenoxy) is 1. The Morgan fingerprint density at radius 3 is 1.67 bits per heavy atom. The van der Waals surface area contributed by atoms with E-state index in [1.165, 1.54) is 20.7 Å². The molecule has 1 unspecified atom stereocenters. The second-order valence-electron chi connectivity index (χ2n) is 20.5. The average Bonchev–Trinajstić information content (AvgIpc) is 3.73. The Labute approximate surface area is 363 Å². The van der Waals surface area contributed by atoms with Crippen molar-refractivity contribution in [1.82, 2.24) is 0 Å². The molecule has 4 aromatic carbocycles. The van der Waals surface area contributed by atoms with E-state index >= 15 is 0 Å². The van der Waals surface area contributed by atoms with Gasteiger partial charge in [0.25, 0.3) is 16.6 Å². The van der Waals surface area contributed by atoms with Gasteiger partial charge in [-0.1, -0.05) is 183 Å². The fourth-order valence-corrected chi connectivity index (χ4v) is 21.1. The summed E-state index contributed by atoms with van der Waals surface area (Å²) in [5.41, 5.74) is 0.675. The van der Waals surface area contributed by atoms with Gasteiger partial charge in [0.15, 0.2) is 0 Å². The van der Waals surface area contributed by atoms with E-state index in [0.29, 0.717) is 18.9 Å². The molecule has 2 saturated heterocycles. The highest BCUT2D eigenvalue weighted by Gasteiger charge is 2.70. The lowest BCUT2D eigenvalue weighted by molar-refractivity contribution is -0.0796. The van der Waals surface area contributed by atoms with E-state index < -0.39 is 28.3 Å². The van der Waals surface area contributed by atoms with Crippen molar-refractivity contribution in [3.63, 3.8) is 0 Å². The normalized spacial score (nSPS) is 25.0. The van der Waals surface area contributed by atoms with Gasteiger partial charge in [-0.25, -0.2) is 0 Å². The first-order valence-corrected chi connectivity index (χ1v) is 26.2. The predicted octanol–water partition coefficient (Wildman–Crippen LogP) is 9.11. The molecule has 0 radical (unpaired) electrons. The number of aliphatic hydroxyl groups is 2. The van der Waals surface area contributed by atoms with Crippen molar-refractivity contribution in [1.29, 1.82) is 0 Å². The van der Waals surface area contributed by atoms with Crippen molar-refractivity contribution in [3.05, 3.63) is 145 Å². The zero-order chi connectivity index (χ0) is 43.0. The van der Waals surface area contributed by atoms with Gasteiger partial charge in [-0.05, 0) is 80.0 Å². The van der Waals surface area contributed by atoms with Crippen LogP contribution in [0.3, 0.4) is 0 Å². The van der Waals surface area contributed by atoms with Gasteiger partial charge in [0, 0.05) is 24.4 Å². The Bertz CT molecular complexity index is 1990. The number of hydrogen-bond donors (Lipinski definition) is 2. The first-order chi connectivity index (χ1) is 28.6. The maximum atomic E-state index is 12.8.